The molecule has 1 aromatic carbocycles. The first-order valence-corrected chi connectivity index (χ1v) is 7.40. The Morgan fingerprint density at radius 2 is 2.05 bits per heavy atom. The average Bonchev–Trinajstić information content (AvgIpc) is 2.39. The third kappa shape index (κ3) is 2.99. The fourth-order valence-electron chi connectivity index (χ4n) is 3.55. The van der Waals surface area contributed by atoms with Gasteiger partial charge in [-0.15, -0.1) is 0 Å². The van der Waals surface area contributed by atoms with Crippen LogP contribution in [-0.4, -0.2) is 36.7 Å². The van der Waals surface area contributed by atoms with E-state index in [1.54, 1.807) is 0 Å². The van der Waals surface area contributed by atoms with Crippen LogP contribution < -0.4 is 5.73 Å². The Morgan fingerprint density at radius 1 is 1.26 bits per heavy atom. The Labute approximate surface area is 115 Å². The maximum atomic E-state index is 6.06. The molecule has 0 aromatic heterocycles. The van der Waals surface area contributed by atoms with E-state index < -0.39 is 0 Å². The first-order valence-electron chi connectivity index (χ1n) is 7.40. The van der Waals surface area contributed by atoms with Crippen molar-refractivity contribution in [3.05, 3.63) is 35.9 Å². The van der Waals surface area contributed by atoms with Crippen molar-refractivity contribution in [3.8, 4) is 0 Å². The number of rotatable bonds is 4. The molecule has 1 atom stereocenters. The Kier molecular flexibility index (Phi) is 3.87. The third-order valence-electron chi connectivity index (χ3n) is 4.44. The molecule has 2 aliphatic heterocycles. The number of nitrogens with zero attached hydrogens (tertiary/aromatic N) is 1. The summed E-state index contributed by atoms with van der Waals surface area (Å²) in [6.07, 6.45) is 3.55. The van der Waals surface area contributed by atoms with Gasteiger partial charge < -0.3 is 10.5 Å². The van der Waals surface area contributed by atoms with Crippen molar-refractivity contribution in [2.45, 2.75) is 31.4 Å². The van der Waals surface area contributed by atoms with E-state index in [1.807, 2.05) is 0 Å². The van der Waals surface area contributed by atoms with Crippen LogP contribution in [-0.2, 0) is 11.3 Å². The quantitative estimate of drug-likeness (QED) is 0.900. The van der Waals surface area contributed by atoms with Crippen LogP contribution in [0.5, 0.6) is 0 Å². The number of benzene rings is 1. The molecule has 3 heteroatoms. The maximum Gasteiger partial charge on any atom is 0.0937 e. The van der Waals surface area contributed by atoms with Crippen LogP contribution in [0.3, 0.4) is 0 Å². The van der Waals surface area contributed by atoms with Gasteiger partial charge in [0.05, 0.1) is 5.60 Å². The second-order valence-corrected chi connectivity index (χ2v) is 6.10. The topological polar surface area (TPSA) is 38.5 Å². The molecule has 3 nitrogen and oxygen atoms in total. The SMILES string of the molecule is NCCC1CCOC2(C1)CN(Cc1ccccc1)C2. The molecule has 2 N–H and O–H groups in total. The van der Waals surface area contributed by atoms with E-state index in [0.717, 1.165) is 45.1 Å². The normalized spacial score (nSPS) is 26.3. The molecule has 1 unspecified atom stereocenters. The molecule has 0 aliphatic carbocycles. The molecule has 2 fully saturated rings. The second kappa shape index (κ2) is 5.61. The van der Waals surface area contributed by atoms with Crippen molar-refractivity contribution in [1.82, 2.24) is 4.90 Å². The molecule has 3 rings (SSSR count). The molecule has 0 saturated carbocycles. The highest BCUT2D eigenvalue weighted by Gasteiger charge is 2.46. The lowest BCUT2D eigenvalue weighted by atomic mass is 9.79. The van der Waals surface area contributed by atoms with E-state index >= 15 is 0 Å². The zero-order valence-corrected chi connectivity index (χ0v) is 11.6. The van der Waals surface area contributed by atoms with Crippen molar-refractivity contribution < 1.29 is 4.74 Å². The Balaban J connectivity index is 1.51. The zero-order valence-electron chi connectivity index (χ0n) is 11.6. The van der Waals surface area contributed by atoms with Crippen molar-refractivity contribution in [1.29, 1.82) is 0 Å². The predicted molar refractivity (Wildman–Crippen MR) is 76.8 cm³/mol. The van der Waals surface area contributed by atoms with Gasteiger partial charge in [-0.25, -0.2) is 0 Å². The molecule has 0 radical (unpaired) electrons. The van der Waals surface area contributed by atoms with Crippen LogP contribution in [0.25, 0.3) is 0 Å². The van der Waals surface area contributed by atoms with E-state index in [4.69, 9.17) is 10.5 Å². The summed E-state index contributed by atoms with van der Waals surface area (Å²) in [7, 11) is 0. The Morgan fingerprint density at radius 3 is 2.79 bits per heavy atom. The first kappa shape index (κ1) is 13.1. The summed E-state index contributed by atoms with van der Waals surface area (Å²) >= 11 is 0. The standard InChI is InChI=1S/C16H24N2O/c17-8-6-14-7-9-19-16(10-14)12-18(13-16)11-15-4-2-1-3-5-15/h1-5,14H,6-13,17H2. The molecule has 2 heterocycles. The molecule has 104 valence electrons. The third-order valence-corrected chi connectivity index (χ3v) is 4.44. The summed E-state index contributed by atoms with van der Waals surface area (Å²) in [5.41, 5.74) is 7.23. The molecular weight excluding hydrogens is 236 g/mol. The summed E-state index contributed by atoms with van der Waals surface area (Å²) in [4.78, 5) is 2.49. The van der Waals surface area contributed by atoms with Gasteiger partial charge in [-0.1, -0.05) is 30.3 Å². The highest BCUT2D eigenvalue weighted by Crippen LogP contribution is 2.38. The van der Waals surface area contributed by atoms with Gasteiger partial charge >= 0.3 is 0 Å². The highest BCUT2D eigenvalue weighted by molar-refractivity contribution is 5.15. The van der Waals surface area contributed by atoms with Crippen LogP contribution in [0.1, 0.15) is 24.8 Å². The minimum Gasteiger partial charge on any atom is -0.372 e. The molecule has 0 amide bonds. The number of nitrogens with two attached hydrogens (primary N) is 1. The van der Waals surface area contributed by atoms with Gasteiger partial charge in [-0.05, 0) is 37.3 Å². The Hall–Kier alpha value is -0.900. The highest BCUT2D eigenvalue weighted by atomic mass is 16.5. The van der Waals surface area contributed by atoms with Crippen LogP contribution >= 0.6 is 0 Å². The molecule has 19 heavy (non-hydrogen) atoms. The smallest absolute Gasteiger partial charge is 0.0937 e. The minimum absolute atomic E-state index is 0.146. The maximum absolute atomic E-state index is 6.06. The van der Waals surface area contributed by atoms with E-state index in [1.165, 1.54) is 18.4 Å². The Bertz CT molecular complexity index is 398. The van der Waals surface area contributed by atoms with Gasteiger partial charge in [-0.3, -0.25) is 4.90 Å². The van der Waals surface area contributed by atoms with Gasteiger partial charge in [0.2, 0.25) is 0 Å². The van der Waals surface area contributed by atoms with E-state index in [9.17, 15) is 0 Å². The summed E-state index contributed by atoms with van der Waals surface area (Å²) in [6.45, 7) is 4.96. The second-order valence-electron chi connectivity index (χ2n) is 6.10. The van der Waals surface area contributed by atoms with E-state index in [2.05, 4.69) is 35.2 Å². The predicted octanol–water partition coefficient (Wildman–Crippen LogP) is 2.02. The lowest BCUT2D eigenvalue weighted by Gasteiger charge is -2.53. The number of likely N-dealkylation sites (tertiary alicyclic amines) is 1. The minimum atomic E-state index is 0.146. The van der Waals surface area contributed by atoms with Gasteiger partial charge in [0.25, 0.3) is 0 Å². The lowest BCUT2D eigenvalue weighted by Crippen LogP contribution is -2.64. The fourth-order valence-corrected chi connectivity index (χ4v) is 3.55. The van der Waals surface area contributed by atoms with Crippen molar-refractivity contribution >= 4 is 0 Å². The van der Waals surface area contributed by atoms with Crippen molar-refractivity contribution in [2.75, 3.05) is 26.2 Å². The fraction of sp³-hybridized carbons (Fsp3) is 0.625. The molecule has 0 bridgehead atoms. The lowest BCUT2D eigenvalue weighted by molar-refractivity contribution is -0.181. The van der Waals surface area contributed by atoms with Gasteiger partial charge in [0.1, 0.15) is 0 Å². The number of hydrogen-bond acceptors (Lipinski definition) is 3. The molecule has 2 aliphatic rings. The zero-order chi connectivity index (χ0) is 13.1. The molecule has 2 saturated heterocycles. The number of hydrogen-bond donors (Lipinski definition) is 1. The largest absolute Gasteiger partial charge is 0.372 e. The first-order chi connectivity index (χ1) is 9.30. The van der Waals surface area contributed by atoms with Crippen LogP contribution in [0, 0.1) is 5.92 Å². The summed E-state index contributed by atoms with van der Waals surface area (Å²) in [5, 5.41) is 0. The van der Waals surface area contributed by atoms with Crippen LogP contribution in [0.2, 0.25) is 0 Å². The van der Waals surface area contributed by atoms with Crippen LogP contribution in [0.15, 0.2) is 30.3 Å². The van der Waals surface area contributed by atoms with E-state index in [0.29, 0.717) is 0 Å². The summed E-state index contributed by atoms with van der Waals surface area (Å²) < 4.78 is 6.06. The van der Waals surface area contributed by atoms with E-state index in [-0.39, 0.29) is 5.60 Å². The van der Waals surface area contributed by atoms with Crippen LogP contribution in [0.4, 0.5) is 0 Å². The summed E-state index contributed by atoms with van der Waals surface area (Å²) in [5.74, 6) is 0.776. The number of ether oxygens (including phenoxy) is 1. The van der Waals surface area contributed by atoms with Crippen molar-refractivity contribution in [2.24, 2.45) is 11.7 Å². The van der Waals surface area contributed by atoms with Gasteiger partial charge in [-0.2, -0.15) is 0 Å². The molecule has 1 aromatic rings. The van der Waals surface area contributed by atoms with Crippen molar-refractivity contribution in [3.63, 3.8) is 0 Å². The van der Waals surface area contributed by atoms with Gasteiger partial charge in [0.15, 0.2) is 0 Å². The summed E-state index contributed by atoms with van der Waals surface area (Å²) in [6, 6.07) is 10.7. The van der Waals surface area contributed by atoms with Gasteiger partial charge in [0, 0.05) is 26.2 Å². The monoisotopic (exact) mass is 260 g/mol. The average molecular weight is 260 g/mol. The molecular formula is C16H24N2O. The molecule has 1 spiro atoms.